The zero-order chi connectivity index (χ0) is 19.4. The van der Waals surface area contributed by atoms with Crippen LogP contribution in [0.2, 0.25) is 0 Å². The van der Waals surface area contributed by atoms with E-state index in [1.165, 1.54) is 24.4 Å². The second-order valence-electron chi connectivity index (χ2n) is 5.10. The number of H-pyrrole nitrogens is 1. The van der Waals surface area contributed by atoms with Gasteiger partial charge in [0, 0.05) is 11.6 Å². The van der Waals surface area contributed by atoms with Gasteiger partial charge >= 0.3 is 17.8 Å². The van der Waals surface area contributed by atoms with Crippen molar-refractivity contribution in [3.8, 4) is 0 Å². The van der Waals surface area contributed by atoms with Crippen LogP contribution in [0.15, 0.2) is 48.7 Å². The number of carbonyl (C=O) groups excluding carboxylic acids is 2. The predicted octanol–water partition coefficient (Wildman–Crippen LogP) is 1.91. The standard InChI is InChI=1S/C16H13F4N3O3/c1-26-14(25)15(16(18,19)20,22-12-4-2-3-9-21-12)23-13(24)10-5-7-11(17)8-6-10/h2-9H,1H3,(H,21,22)(H,23,24)/p+1/t15-/m1/s1. The maximum Gasteiger partial charge on any atom is 0.464 e. The quantitative estimate of drug-likeness (QED) is 0.477. The van der Waals surface area contributed by atoms with Crippen molar-refractivity contribution in [2.45, 2.75) is 11.8 Å². The predicted molar refractivity (Wildman–Crippen MR) is 81.3 cm³/mol. The first-order valence-corrected chi connectivity index (χ1v) is 7.18. The number of benzene rings is 1. The number of anilines is 1. The van der Waals surface area contributed by atoms with Gasteiger partial charge in [-0.25, -0.2) is 19.5 Å². The second kappa shape index (κ2) is 7.38. The van der Waals surface area contributed by atoms with E-state index >= 15 is 0 Å². The summed E-state index contributed by atoms with van der Waals surface area (Å²) in [5.74, 6) is -3.91. The Kier molecular flexibility index (Phi) is 5.44. The fourth-order valence-corrected chi connectivity index (χ4v) is 2.06. The largest absolute Gasteiger partial charge is 0.464 e. The third kappa shape index (κ3) is 3.90. The molecule has 1 aromatic heterocycles. The second-order valence-corrected chi connectivity index (χ2v) is 5.10. The molecule has 2 rings (SSSR count). The minimum absolute atomic E-state index is 0.199. The van der Waals surface area contributed by atoms with E-state index in [2.05, 4.69) is 9.72 Å². The maximum absolute atomic E-state index is 13.8. The number of hydrogen-bond donors (Lipinski definition) is 2. The summed E-state index contributed by atoms with van der Waals surface area (Å²) >= 11 is 0. The molecule has 0 aliphatic heterocycles. The van der Waals surface area contributed by atoms with Gasteiger partial charge in [0.15, 0.2) is 0 Å². The minimum atomic E-state index is -5.26. The van der Waals surface area contributed by atoms with Crippen molar-refractivity contribution < 1.29 is 36.9 Å². The number of carbonyl (C=O) groups is 2. The molecule has 0 spiro atoms. The van der Waals surface area contributed by atoms with Gasteiger partial charge in [-0.3, -0.25) is 10.1 Å². The molecule has 0 fully saturated rings. The molecule has 0 unspecified atom stereocenters. The third-order valence-corrected chi connectivity index (χ3v) is 3.36. The van der Waals surface area contributed by atoms with E-state index < -0.39 is 29.5 Å². The number of hydrogen-bond acceptors (Lipinski definition) is 4. The highest BCUT2D eigenvalue weighted by atomic mass is 19.4. The van der Waals surface area contributed by atoms with Gasteiger partial charge in [-0.15, -0.1) is 0 Å². The van der Waals surface area contributed by atoms with E-state index in [-0.39, 0.29) is 11.4 Å². The number of halogens is 4. The molecule has 10 heteroatoms. The van der Waals surface area contributed by atoms with Crippen LogP contribution in [0.25, 0.3) is 0 Å². The lowest BCUT2D eigenvalue weighted by Crippen LogP contribution is -2.69. The molecular weight excluding hydrogens is 358 g/mol. The number of rotatable bonds is 5. The average Bonchev–Trinajstić information content (AvgIpc) is 2.60. The number of aromatic nitrogens is 1. The SMILES string of the molecule is COC(=O)[C@](NC(=O)c1ccc(F)cc1)(Nc1cccc[nH+]1)C(F)(F)F. The van der Waals surface area contributed by atoms with Crippen molar-refractivity contribution in [3.63, 3.8) is 0 Å². The van der Waals surface area contributed by atoms with E-state index in [4.69, 9.17) is 0 Å². The zero-order valence-electron chi connectivity index (χ0n) is 13.4. The number of methoxy groups -OCH3 is 1. The summed E-state index contributed by atoms with van der Waals surface area (Å²) in [5.41, 5.74) is -3.84. The van der Waals surface area contributed by atoms with Crippen LogP contribution in [-0.2, 0) is 9.53 Å². The van der Waals surface area contributed by atoms with Crippen LogP contribution in [0, 0.1) is 5.82 Å². The Labute approximate surface area is 145 Å². The molecule has 1 amide bonds. The first-order valence-electron chi connectivity index (χ1n) is 7.18. The molecule has 0 radical (unpaired) electrons. The molecule has 0 aliphatic carbocycles. The van der Waals surface area contributed by atoms with Gasteiger partial charge in [-0.2, -0.15) is 13.2 Å². The van der Waals surface area contributed by atoms with Crippen molar-refractivity contribution in [1.82, 2.24) is 5.32 Å². The molecule has 0 aliphatic rings. The topological polar surface area (TPSA) is 81.6 Å². The molecular formula is C16H14F4N3O3+. The Morgan fingerprint density at radius 3 is 2.23 bits per heavy atom. The van der Waals surface area contributed by atoms with Crippen LogP contribution in [-0.4, -0.2) is 30.8 Å². The zero-order valence-corrected chi connectivity index (χ0v) is 13.4. The van der Waals surface area contributed by atoms with Crippen LogP contribution in [0.5, 0.6) is 0 Å². The Morgan fingerprint density at radius 1 is 1.08 bits per heavy atom. The molecule has 6 nitrogen and oxygen atoms in total. The van der Waals surface area contributed by atoms with E-state index in [0.717, 1.165) is 31.4 Å². The summed E-state index contributed by atoms with van der Waals surface area (Å²) in [6.07, 6.45) is -3.94. The van der Waals surface area contributed by atoms with E-state index in [0.29, 0.717) is 0 Å². The summed E-state index contributed by atoms with van der Waals surface area (Å²) in [6, 6.07) is 7.93. The molecule has 2 aromatic rings. The highest BCUT2D eigenvalue weighted by molar-refractivity contribution is 5.99. The van der Waals surface area contributed by atoms with Crippen LogP contribution >= 0.6 is 0 Å². The monoisotopic (exact) mass is 372 g/mol. The summed E-state index contributed by atoms with van der Waals surface area (Å²) in [5, 5.41) is 3.55. The smallest absolute Gasteiger partial charge is 0.464 e. The maximum atomic E-state index is 13.8. The van der Waals surface area contributed by atoms with E-state index in [1.807, 2.05) is 5.32 Å². The summed E-state index contributed by atoms with van der Waals surface area (Å²) in [7, 11) is 0.753. The Morgan fingerprint density at radius 2 is 1.73 bits per heavy atom. The molecule has 0 saturated carbocycles. The van der Waals surface area contributed by atoms with Crippen LogP contribution in [0.4, 0.5) is 23.4 Å². The highest BCUT2D eigenvalue weighted by Crippen LogP contribution is 2.32. The van der Waals surface area contributed by atoms with E-state index in [1.54, 1.807) is 5.32 Å². The van der Waals surface area contributed by atoms with Crippen molar-refractivity contribution in [1.29, 1.82) is 0 Å². The van der Waals surface area contributed by atoms with Gasteiger partial charge in [0.1, 0.15) is 5.82 Å². The van der Waals surface area contributed by atoms with E-state index in [9.17, 15) is 27.2 Å². The number of amides is 1. The first kappa shape index (κ1) is 19.2. The lowest BCUT2D eigenvalue weighted by atomic mass is 10.1. The van der Waals surface area contributed by atoms with Crippen LogP contribution in [0.3, 0.4) is 0 Å². The molecule has 0 bridgehead atoms. The normalized spacial score (nSPS) is 13.4. The van der Waals surface area contributed by atoms with Crippen molar-refractivity contribution in [2.24, 2.45) is 0 Å². The number of alkyl halides is 3. The fraction of sp³-hybridized carbons (Fsp3) is 0.188. The van der Waals surface area contributed by atoms with Crippen LogP contribution in [0.1, 0.15) is 10.4 Å². The Bertz CT molecular complexity index is 782. The molecule has 1 aromatic carbocycles. The molecule has 3 N–H and O–H groups in total. The minimum Gasteiger partial charge on any atom is -0.464 e. The fourth-order valence-electron chi connectivity index (χ4n) is 2.06. The van der Waals surface area contributed by atoms with Crippen molar-refractivity contribution >= 4 is 17.7 Å². The number of esters is 1. The van der Waals surface area contributed by atoms with Crippen LogP contribution < -0.4 is 15.6 Å². The molecule has 1 heterocycles. The number of aromatic amines is 1. The van der Waals surface area contributed by atoms with Crippen molar-refractivity contribution in [2.75, 3.05) is 12.4 Å². The lowest BCUT2D eigenvalue weighted by molar-refractivity contribution is -0.363. The molecule has 138 valence electrons. The van der Waals surface area contributed by atoms with Gasteiger partial charge in [0.25, 0.3) is 11.7 Å². The average molecular weight is 372 g/mol. The van der Waals surface area contributed by atoms with Gasteiger partial charge in [0.05, 0.1) is 13.3 Å². The highest BCUT2D eigenvalue weighted by Gasteiger charge is 2.67. The molecule has 0 saturated heterocycles. The molecule has 1 atom stereocenters. The summed E-state index contributed by atoms with van der Waals surface area (Å²) in [6.45, 7) is 0. The number of ether oxygens (including phenoxy) is 1. The lowest BCUT2D eigenvalue weighted by Gasteiger charge is -2.30. The van der Waals surface area contributed by atoms with Gasteiger partial charge < -0.3 is 4.74 Å². The summed E-state index contributed by atoms with van der Waals surface area (Å²) < 4.78 is 58.6. The van der Waals surface area contributed by atoms with Crippen molar-refractivity contribution in [3.05, 3.63) is 60.0 Å². The number of nitrogens with one attached hydrogen (secondary N) is 3. The third-order valence-electron chi connectivity index (χ3n) is 3.36. The summed E-state index contributed by atoms with van der Waals surface area (Å²) in [4.78, 5) is 26.7. The Balaban J connectivity index is 2.46. The Hall–Kier alpha value is -3.17. The molecule has 26 heavy (non-hydrogen) atoms. The number of pyridine rings is 1. The van der Waals surface area contributed by atoms with Gasteiger partial charge in [-0.05, 0) is 30.3 Å². The van der Waals surface area contributed by atoms with Gasteiger partial charge in [0.2, 0.25) is 0 Å². The van der Waals surface area contributed by atoms with Gasteiger partial charge in [-0.1, -0.05) is 6.07 Å². The first-order chi connectivity index (χ1) is 12.2.